The topological polar surface area (TPSA) is 34.1 Å². The SMILES string of the molecule is COc1ccc(/C=C/C2=NN(c3ccc(Cl)cc3)[C@@H](c3ccccc3OC)C2)cc1. The van der Waals surface area contributed by atoms with E-state index in [0.717, 1.165) is 40.4 Å². The molecule has 1 aliphatic heterocycles. The summed E-state index contributed by atoms with van der Waals surface area (Å²) in [7, 11) is 3.37. The maximum atomic E-state index is 6.09. The molecule has 0 bridgehead atoms. The van der Waals surface area contributed by atoms with E-state index in [-0.39, 0.29) is 6.04 Å². The van der Waals surface area contributed by atoms with Gasteiger partial charge in [-0.1, -0.05) is 48.0 Å². The third kappa shape index (κ3) is 4.34. The van der Waals surface area contributed by atoms with Gasteiger partial charge in [0.1, 0.15) is 11.5 Å². The summed E-state index contributed by atoms with van der Waals surface area (Å²) in [5, 5.41) is 7.66. The summed E-state index contributed by atoms with van der Waals surface area (Å²) in [5.41, 5.74) is 4.18. The number of ether oxygens (including phenoxy) is 2. The molecule has 1 heterocycles. The normalized spacial score (nSPS) is 16.0. The fourth-order valence-electron chi connectivity index (χ4n) is 3.56. The largest absolute Gasteiger partial charge is 0.497 e. The predicted octanol–water partition coefficient (Wildman–Crippen LogP) is 6.38. The van der Waals surface area contributed by atoms with Gasteiger partial charge in [-0.15, -0.1) is 0 Å². The third-order valence-electron chi connectivity index (χ3n) is 5.11. The van der Waals surface area contributed by atoms with Crippen molar-refractivity contribution in [3.8, 4) is 11.5 Å². The molecule has 0 amide bonds. The van der Waals surface area contributed by atoms with Gasteiger partial charge in [-0.2, -0.15) is 5.10 Å². The van der Waals surface area contributed by atoms with Crippen molar-refractivity contribution in [3.05, 3.63) is 95.0 Å². The number of benzene rings is 3. The average molecular weight is 419 g/mol. The molecule has 0 fully saturated rings. The summed E-state index contributed by atoms with van der Waals surface area (Å²) in [4.78, 5) is 0. The summed E-state index contributed by atoms with van der Waals surface area (Å²) in [6.45, 7) is 0. The lowest BCUT2D eigenvalue weighted by Crippen LogP contribution is -2.19. The molecule has 0 saturated heterocycles. The van der Waals surface area contributed by atoms with Crippen molar-refractivity contribution >= 4 is 29.1 Å². The van der Waals surface area contributed by atoms with Crippen molar-refractivity contribution < 1.29 is 9.47 Å². The van der Waals surface area contributed by atoms with Crippen LogP contribution >= 0.6 is 11.6 Å². The van der Waals surface area contributed by atoms with Crippen molar-refractivity contribution in [1.29, 1.82) is 0 Å². The number of methoxy groups -OCH3 is 2. The first kappa shape index (κ1) is 20.0. The Morgan fingerprint density at radius 2 is 1.63 bits per heavy atom. The lowest BCUT2D eigenvalue weighted by molar-refractivity contribution is 0.405. The Balaban J connectivity index is 1.65. The molecule has 5 heteroatoms. The number of hydrazone groups is 1. The van der Waals surface area contributed by atoms with Crippen LogP contribution in [0.25, 0.3) is 6.08 Å². The molecule has 4 rings (SSSR count). The van der Waals surface area contributed by atoms with E-state index in [9.17, 15) is 0 Å². The van der Waals surface area contributed by atoms with Gasteiger partial charge in [0.15, 0.2) is 0 Å². The Hall–Kier alpha value is -3.24. The minimum Gasteiger partial charge on any atom is -0.497 e. The van der Waals surface area contributed by atoms with E-state index in [4.69, 9.17) is 26.2 Å². The van der Waals surface area contributed by atoms with Crippen LogP contribution < -0.4 is 14.5 Å². The van der Waals surface area contributed by atoms with E-state index in [2.05, 4.69) is 18.2 Å². The van der Waals surface area contributed by atoms with Crippen LogP contribution in [0.2, 0.25) is 5.02 Å². The summed E-state index contributed by atoms with van der Waals surface area (Å²) in [6.07, 6.45) is 4.92. The first-order valence-corrected chi connectivity index (χ1v) is 10.1. The van der Waals surface area contributed by atoms with Gasteiger partial charge in [0, 0.05) is 17.0 Å². The Labute approximate surface area is 182 Å². The zero-order valence-corrected chi connectivity index (χ0v) is 17.7. The number of halogens is 1. The Kier molecular flexibility index (Phi) is 6.05. The summed E-state index contributed by atoms with van der Waals surface area (Å²) in [5.74, 6) is 1.70. The lowest BCUT2D eigenvalue weighted by Gasteiger charge is -2.25. The van der Waals surface area contributed by atoms with Crippen molar-refractivity contribution in [2.45, 2.75) is 12.5 Å². The monoisotopic (exact) mass is 418 g/mol. The number of nitrogens with zero attached hydrogens (tertiary/aromatic N) is 2. The summed E-state index contributed by atoms with van der Waals surface area (Å²) >= 11 is 6.09. The minimum absolute atomic E-state index is 0.0397. The van der Waals surface area contributed by atoms with Crippen molar-refractivity contribution in [2.24, 2.45) is 5.10 Å². The van der Waals surface area contributed by atoms with Gasteiger partial charge < -0.3 is 9.47 Å². The van der Waals surface area contributed by atoms with Crippen molar-refractivity contribution in [3.63, 3.8) is 0 Å². The van der Waals surface area contributed by atoms with Crippen LogP contribution in [-0.4, -0.2) is 19.9 Å². The molecule has 0 aromatic heterocycles. The van der Waals surface area contributed by atoms with E-state index >= 15 is 0 Å². The van der Waals surface area contributed by atoms with E-state index in [1.807, 2.05) is 71.7 Å². The highest BCUT2D eigenvalue weighted by atomic mass is 35.5. The first-order chi connectivity index (χ1) is 14.7. The van der Waals surface area contributed by atoms with E-state index < -0.39 is 0 Å². The second-order valence-electron chi connectivity index (χ2n) is 6.98. The number of rotatable bonds is 6. The van der Waals surface area contributed by atoms with Crippen LogP contribution in [0.3, 0.4) is 0 Å². The highest BCUT2D eigenvalue weighted by molar-refractivity contribution is 6.30. The summed E-state index contributed by atoms with van der Waals surface area (Å²) < 4.78 is 10.8. The highest BCUT2D eigenvalue weighted by Gasteiger charge is 2.30. The second kappa shape index (κ2) is 9.06. The zero-order valence-electron chi connectivity index (χ0n) is 17.0. The molecule has 0 radical (unpaired) electrons. The highest BCUT2D eigenvalue weighted by Crippen LogP contribution is 2.39. The fourth-order valence-corrected chi connectivity index (χ4v) is 3.68. The van der Waals surface area contributed by atoms with Gasteiger partial charge in [0.05, 0.1) is 31.7 Å². The standard InChI is InChI=1S/C25H23ClN2O2/c1-29-22-15-8-18(9-16-22)7-12-20-17-24(23-5-3-4-6-25(23)30-2)28(27-20)21-13-10-19(26)11-14-21/h3-16,24H,17H2,1-2H3/b12-7+/t24-/m1/s1. The number of para-hydroxylation sites is 1. The number of anilines is 1. The predicted molar refractivity (Wildman–Crippen MR) is 124 cm³/mol. The zero-order chi connectivity index (χ0) is 20.9. The molecule has 30 heavy (non-hydrogen) atoms. The van der Waals surface area contributed by atoms with Gasteiger partial charge in [0.25, 0.3) is 0 Å². The average Bonchev–Trinajstić information content (AvgIpc) is 3.22. The van der Waals surface area contributed by atoms with Crippen molar-refractivity contribution in [2.75, 3.05) is 19.2 Å². The molecular weight excluding hydrogens is 396 g/mol. The van der Waals surface area contributed by atoms with E-state index in [1.165, 1.54) is 0 Å². The lowest BCUT2D eigenvalue weighted by atomic mass is 10.00. The summed E-state index contributed by atoms with van der Waals surface area (Å²) in [6, 6.07) is 23.8. The Bertz CT molecular complexity index is 1060. The van der Waals surface area contributed by atoms with Crippen LogP contribution in [0, 0.1) is 0 Å². The van der Waals surface area contributed by atoms with Gasteiger partial charge >= 0.3 is 0 Å². The van der Waals surface area contributed by atoms with Gasteiger partial charge in [0.2, 0.25) is 0 Å². The molecule has 4 nitrogen and oxygen atoms in total. The second-order valence-corrected chi connectivity index (χ2v) is 7.42. The maximum Gasteiger partial charge on any atom is 0.124 e. The molecule has 0 spiro atoms. The number of hydrogen-bond donors (Lipinski definition) is 0. The number of allylic oxidation sites excluding steroid dienone is 1. The van der Waals surface area contributed by atoms with Crippen LogP contribution in [0.4, 0.5) is 5.69 Å². The molecule has 3 aromatic rings. The van der Waals surface area contributed by atoms with Crippen LogP contribution in [0.1, 0.15) is 23.6 Å². The smallest absolute Gasteiger partial charge is 0.124 e. The fraction of sp³-hybridized carbons (Fsp3) is 0.160. The molecule has 0 N–H and O–H groups in total. The molecule has 152 valence electrons. The van der Waals surface area contributed by atoms with E-state index in [1.54, 1.807) is 14.2 Å². The van der Waals surface area contributed by atoms with Crippen LogP contribution in [0.15, 0.2) is 84.0 Å². The maximum absolute atomic E-state index is 6.09. The quantitative estimate of drug-likeness (QED) is 0.466. The van der Waals surface area contributed by atoms with Crippen LogP contribution in [-0.2, 0) is 0 Å². The van der Waals surface area contributed by atoms with Gasteiger partial charge in [-0.25, -0.2) is 0 Å². The van der Waals surface area contributed by atoms with E-state index in [0.29, 0.717) is 5.02 Å². The molecule has 0 aliphatic carbocycles. The van der Waals surface area contributed by atoms with Crippen molar-refractivity contribution in [1.82, 2.24) is 0 Å². The first-order valence-electron chi connectivity index (χ1n) is 9.75. The Morgan fingerprint density at radius 3 is 2.33 bits per heavy atom. The van der Waals surface area contributed by atoms with Gasteiger partial charge in [-0.05, 0) is 54.1 Å². The molecule has 0 saturated carbocycles. The Morgan fingerprint density at radius 1 is 0.900 bits per heavy atom. The third-order valence-corrected chi connectivity index (χ3v) is 5.36. The van der Waals surface area contributed by atoms with Crippen LogP contribution in [0.5, 0.6) is 11.5 Å². The number of hydrogen-bond acceptors (Lipinski definition) is 4. The molecular formula is C25H23ClN2O2. The van der Waals surface area contributed by atoms with Gasteiger partial charge in [-0.3, -0.25) is 5.01 Å². The molecule has 1 aliphatic rings. The minimum atomic E-state index is 0.0397. The molecule has 1 atom stereocenters. The molecule has 3 aromatic carbocycles. The molecule has 0 unspecified atom stereocenters.